The summed E-state index contributed by atoms with van der Waals surface area (Å²) in [6, 6.07) is 10.1. The van der Waals surface area contributed by atoms with Crippen LogP contribution in [0.3, 0.4) is 0 Å². The van der Waals surface area contributed by atoms with Gasteiger partial charge in [0.15, 0.2) is 0 Å². The van der Waals surface area contributed by atoms with E-state index in [9.17, 15) is 10.0 Å². The van der Waals surface area contributed by atoms with Crippen molar-refractivity contribution in [3.05, 3.63) is 58.8 Å². The third kappa shape index (κ3) is 4.41. The normalized spacial score (nSPS) is 10.7. The summed E-state index contributed by atoms with van der Waals surface area (Å²) >= 11 is 1.59. The van der Waals surface area contributed by atoms with Crippen molar-refractivity contribution in [2.75, 3.05) is 6.61 Å². The minimum Gasteiger partial charge on any atom is -0.493 e. The Morgan fingerprint density at radius 2 is 2.12 bits per heavy atom. The van der Waals surface area contributed by atoms with E-state index in [2.05, 4.69) is 4.98 Å². The van der Waals surface area contributed by atoms with E-state index in [-0.39, 0.29) is 6.54 Å². The maximum atomic E-state index is 10.8. The van der Waals surface area contributed by atoms with Gasteiger partial charge in [0.25, 0.3) is 0 Å². The summed E-state index contributed by atoms with van der Waals surface area (Å²) in [5.41, 5.74) is 6.60. The number of benzene rings is 1. The lowest BCUT2D eigenvalue weighted by molar-refractivity contribution is -0.0470. The number of primary amides is 1. The Balaban J connectivity index is 1.53. The van der Waals surface area contributed by atoms with Gasteiger partial charge >= 0.3 is 6.03 Å². The van der Waals surface area contributed by atoms with Gasteiger partial charge in [-0.15, -0.1) is 11.3 Å². The second-order valence-electron chi connectivity index (χ2n) is 5.64. The summed E-state index contributed by atoms with van der Waals surface area (Å²) < 4.78 is 11.4. The number of rotatable bonds is 7. The fraction of sp³-hybridized carbons (Fsp3) is 0.222. The molecule has 0 aliphatic carbocycles. The van der Waals surface area contributed by atoms with Crippen molar-refractivity contribution in [1.82, 2.24) is 10.0 Å². The third-order valence-corrected chi connectivity index (χ3v) is 4.60. The van der Waals surface area contributed by atoms with E-state index < -0.39 is 6.03 Å². The molecule has 2 amide bonds. The smallest absolute Gasteiger partial charge is 0.338 e. The van der Waals surface area contributed by atoms with Gasteiger partial charge in [0.05, 0.1) is 23.7 Å². The Morgan fingerprint density at radius 3 is 2.77 bits per heavy atom. The van der Waals surface area contributed by atoms with E-state index in [1.165, 1.54) is 0 Å². The lowest BCUT2D eigenvalue weighted by Gasteiger charge is -2.12. The standard InChI is InChI=1S/C18H19N3O4S/c1-12-15(20-17(25-12)16-3-2-10-26-16)8-9-24-14-6-4-13(5-7-14)11-21(23)18(19)22/h2-7,10,23H,8-9,11H2,1H3,(H2,19,22). The maximum Gasteiger partial charge on any atom is 0.338 e. The fourth-order valence-electron chi connectivity index (χ4n) is 2.37. The number of nitrogens with two attached hydrogens (primary N) is 1. The number of aromatic nitrogens is 1. The van der Waals surface area contributed by atoms with Gasteiger partial charge in [0, 0.05) is 6.42 Å². The summed E-state index contributed by atoms with van der Waals surface area (Å²) in [5.74, 6) is 2.12. The van der Waals surface area contributed by atoms with Crippen LogP contribution < -0.4 is 10.5 Å². The van der Waals surface area contributed by atoms with Crippen LogP contribution in [0.5, 0.6) is 5.75 Å². The first kappa shape index (κ1) is 18.0. The van der Waals surface area contributed by atoms with E-state index in [1.54, 1.807) is 35.6 Å². The number of carbonyl (C=O) groups excluding carboxylic acids is 1. The van der Waals surface area contributed by atoms with E-state index in [0.717, 1.165) is 21.9 Å². The minimum absolute atomic E-state index is 0.0270. The summed E-state index contributed by atoms with van der Waals surface area (Å²) in [4.78, 5) is 16.3. The van der Waals surface area contributed by atoms with Crippen molar-refractivity contribution in [3.8, 4) is 16.5 Å². The minimum atomic E-state index is -0.893. The SMILES string of the molecule is Cc1oc(-c2cccs2)nc1CCOc1ccc(CN(O)C(N)=O)cc1. The van der Waals surface area contributed by atoms with Crippen molar-refractivity contribution in [3.63, 3.8) is 0 Å². The van der Waals surface area contributed by atoms with Gasteiger partial charge in [-0.05, 0) is 36.1 Å². The summed E-state index contributed by atoms with van der Waals surface area (Å²) in [6.07, 6.45) is 0.633. The van der Waals surface area contributed by atoms with Gasteiger partial charge in [0.2, 0.25) is 5.89 Å². The molecular formula is C18H19N3O4S. The molecule has 1 aromatic carbocycles. The molecule has 0 aliphatic rings. The third-order valence-electron chi connectivity index (χ3n) is 3.74. The first-order chi connectivity index (χ1) is 12.5. The topological polar surface area (TPSA) is 102 Å². The molecule has 2 heterocycles. The second-order valence-corrected chi connectivity index (χ2v) is 6.59. The molecule has 8 heteroatoms. The zero-order valence-electron chi connectivity index (χ0n) is 14.2. The van der Waals surface area contributed by atoms with E-state index in [4.69, 9.17) is 14.9 Å². The van der Waals surface area contributed by atoms with E-state index in [0.29, 0.717) is 29.7 Å². The van der Waals surface area contributed by atoms with Crippen molar-refractivity contribution in [1.29, 1.82) is 0 Å². The van der Waals surface area contributed by atoms with Gasteiger partial charge in [-0.1, -0.05) is 18.2 Å². The lowest BCUT2D eigenvalue weighted by Crippen LogP contribution is -2.31. The van der Waals surface area contributed by atoms with Gasteiger partial charge in [-0.3, -0.25) is 5.21 Å². The number of aryl methyl sites for hydroxylation is 1. The Labute approximate surface area is 154 Å². The monoisotopic (exact) mass is 373 g/mol. The molecule has 2 aromatic heterocycles. The van der Waals surface area contributed by atoms with Crippen LogP contribution >= 0.6 is 11.3 Å². The number of nitrogens with zero attached hydrogens (tertiary/aromatic N) is 2. The summed E-state index contributed by atoms with van der Waals surface area (Å²) in [5, 5.41) is 11.8. The molecule has 0 bridgehead atoms. The van der Waals surface area contributed by atoms with Crippen LogP contribution in [-0.4, -0.2) is 27.9 Å². The summed E-state index contributed by atoms with van der Waals surface area (Å²) in [7, 11) is 0. The van der Waals surface area contributed by atoms with Crippen LogP contribution in [0.15, 0.2) is 46.2 Å². The predicted molar refractivity (Wildman–Crippen MR) is 97.1 cm³/mol. The van der Waals surface area contributed by atoms with E-state index in [1.807, 2.05) is 24.4 Å². The largest absolute Gasteiger partial charge is 0.493 e. The molecule has 0 saturated heterocycles. The molecule has 0 aliphatic heterocycles. The number of hydrogen-bond acceptors (Lipinski definition) is 6. The van der Waals surface area contributed by atoms with Crippen LogP contribution in [0.25, 0.3) is 10.8 Å². The number of hydrogen-bond donors (Lipinski definition) is 2. The number of urea groups is 1. The Kier molecular flexibility index (Phi) is 5.55. The second kappa shape index (κ2) is 8.03. The average Bonchev–Trinajstić information content (AvgIpc) is 3.26. The van der Waals surface area contributed by atoms with Gasteiger partial charge in [-0.25, -0.2) is 14.8 Å². The first-order valence-corrected chi connectivity index (χ1v) is 8.88. The molecular weight excluding hydrogens is 354 g/mol. The molecule has 3 N–H and O–H groups in total. The molecule has 26 heavy (non-hydrogen) atoms. The maximum absolute atomic E-state index is 10.8. The lowest BCUT2D eigenvalue weighted by atomic mass is 10.2. The van der Waals surface area contributed by atoms with Crippen LogP contribution in [0.2, 0.25) is 0 Å². The van der Waals surface area contributed by atoms with Crippen LogP contribution in [0.1, 0.15) is 17.0 Å². The van der Waals surface area contributed by atoms with E-state index >= 15 is 0 Å². The first-order valence-electron chi connectivity index (χ1n) is 8.00. The number of ether oxygens (including phenoxy) is 1. The highest BCUT2D eigenvalue weighted by atomic mass is 32.1. The zero-order valence-corrected chi connectivity index (χ0v) is 15.0. The quantitative estimate of drug-likeness (QED) is 0.487. The molecule has 7 nitrogen and oxygen atoms in total. The number of thiophene rings is 1. The highest BCUT2D eigenvalue weighted by Crippen LogP contribution is 2.26. The van der Waals surface area contributed by atoms with Crippen molar-refractivity contribution in [2.24, 2.45) is 5.73 Å². The number of amides is 2. The highest BCUT2D eigenvalue weighted by molar-refractivity contribution is 7.13. The van der Waals surface area contributed by atoms with Crippen molar-refractivity contribution < 1.29 is 19.2 Å². The van der Waals surface area contributed by atoms with Crippen LogP contribution in [0.4, 0.5) is 4.79 Å². The Bertz CT molecular complexity index is 859. The number of oxazole rings is 1. The number of carbonyl (C=O) groups is 1. The fourth-order valence-corrected chi connectivity index (χ4v) is 3.02. The predicted octanol–water partition coefficient (Wildman–Crippen LogP) is 3.60. The van der Waals surface area contributed by atoms with Gasteiger partial charge in [-0.2, -0.15) is 0 Å². The Morgan fingerprint density at radius 1 is 1.35 bits per heavy atom. The molecule has 0 radical (unpaired) electrons. The summed E-state index contributed by atoms with van der Waals surface area (Å²) in [6.45, 7) is 2.39. The van der Waals surface area contributed by atoms with Crippen LogP contribution in [0, 0.1) is 6.92 Å². The molecule has 0 atom stereocenters. The Hall–Kier alpha value is -2.84. The highest BCUT2D eigenvalue weighted by Gasteiger charge is 2.12. The van der Waals surface area contributed by atoms with Crippen LogP contribution in [-0.2, 0) is 13.0 Å². The molecule has 0 unspecified atom stereocenters. The molecule has 3 rings (SSSR count). The molecule has 0 spiro atoms. The molecule has 0 saturated carbocycles. The zero-order chi connectivity index (χ0) is 18.5. The molecule has 136 valence electrons. The van der Waals surface area contributed by atoms with Gasteiger partial charge < -0.3 is 14.9 Å². The van der Waals surface area contributed by atoms with Crippen molar-refractivity contribution >= 4 is 17.4 Å². The average molecular weight is 373 g/mol. The van der Waals surface area contributed by atoms with Gasteiger partial charge in [0.1, 0.15) is 11.5 Å². The molecule has 3 aromatic rings. The molecule has 0 fully saturated rings. The van der Waals surface area contributed by atoms with Crippen molar-refractivity contribution in [2.45, 2.75) is 19.9 Å². The number of hydroxylamine groups is 2.